The standard InChI is InChI=1S/C24H17N3OS/c25-21-20(24-26-18(15-29-24)16-9-3-1-4-10-16)19-13-7-8-14-27(19)22(21)23(28)17-11-5-2-6-12-17/h1-15H,25H2. The van der Waals surface area contributed by atoms with Crippen molar-refractivity contribution in [1.82, 2.24) is 9.38 Å². The van der Waals surface area contributed by atoms with Crippen molar-refractivity contribution >= 4 is 28.3 Å². The van der Waals surface area contributed by atoms with Crippen LogP contribution in [0, 0.1) is 0 Å². The fourth-order valence-corrected chi connectivity index (χ4v) is 4.44. The van der Waals surface area contributed by atoms with Gasteiger partial charge in [0.2, 0.25) is 5.78 Å². The van der Waals surface area contributed by atoms with Crippen LogP contribution in [0.1, 0.15) is 16.1 Å². The maximum atomic E-state index is 13.2. The second kappa shape index (κ2) is 7.04. The van der Waals surface area contributed by atoms with Crippen molar-refractivity contribution in [3.8, 4) is 21.8 Å². The molecule has 0 unspecified atom stereocenters. The van der Waals surface area contributed by atoms with Crippen LogP contribution >= 0.6 is 11.3 Å². The van der Waals surface area contributed by atoms with E-state index in [-0.39, 0.29) is 5.78 Å². The molecule has 0 fully saturated rings. The van der Waals surface area contributed by atoms with Gasteiger partial charge in [0, 0.05) is 22.7 Å². The molecule has 3 heterocycles. The van der Waals surface area contributed by atoms with Crippen molar-refractivity contribution in [1.29, 1.82) is 0 Å². The molecule has 0 spiro atoms. The zero-order chi connectivity index (χ0) is 19.8. The molecule has 0 amide bonds. The molecule has 2 aromatic carbocycles. The maximum absolute atomic E-state index is 13.2. The predicted molar refractivity (Wildman–Crippen MR) is 118 cm³/mol. The summed E-state index contributed by atoms with van der Waals surface area (Å²) in [6.45, 7) is 0. The molecule has 0 radical (unpaired) electrons. The number of benzene rings is 2. The summed E-state index contributed by atoms with van der Waals surface area (Å²) in [4.78, 5) is 18.1. The number of nitrogens with two attached hydrogens (primary N) is 1. The summed E-state index contributed by atoms with van der Waals surface area (Å²) in [5.74, 6) is -0.101. The van der Waals surface area contributed by atoms with E-state index < -0.39 is 0 Å². The number of carbonyl (C=O) groups excluding carboxylic acids is 1. The number of rotatable bonds is 4. The SMILES string of the molecule is Nc1c(-c2nc(-c3ccccc3)cs2)c2ccccn2c1C(=O)c1ccccc1. The first kappa shape index (κ1) is 17.4. The lowest BCUT2D eigenvalue weighted by Gasteiger charge is -2.03. The van der Waals surface area contributed by atoms with Crippen molar-refractivity contribution in [3.05, 3.63) is 102 Å². The highest BCUT2D eigenvalue weighted by atomic mass is 32.1. The van der Waals surface area contributed by atoms with Crippen molar-refractivity contribution < 1.29 is 4.79 Å². The van der Waals surface area contributed by atoms with Crippen LogP contribution in [0.25, 0.3) is 27.3 Å². The molecule has 0 aliphatic carbocycles. The molecule has 0 bridgehead atoms. The zero-order valence-corrected chi connectivity index (χ0v) is 16.3. The van der Waals surface area contributed by atoms with Crippen LogP contribution < -0.4 is 5.73 Å². The molecule has 2 N–H and O–H groups in total. The van der Waals surface area contributed by atoms with E-state index in [0.717, 1.165) is 27.3 Å². The molecule has 5 heteroatoms. The van der Waals surface area contributed by atoms with E-state index in [4.69, 9.17) is 10.7 Å². The van der Waals surface area contributed by atoms with Gasteiger partial charge in [-0.05, 0) is 12.1 Å². The average Bonchev–Trinajstić information content (AvgIpc) is 3.36. The number of fused-ring (bicyclic) bond motifs is 1. The van der Waals surface area contributed by atoms with Crippen molar-refractivity contribution in [2.24, 2.45) is 0 Å². The van der Waals surface area contributed by atoms with Crippen LogP contribution in [0.5, 0.6) is 0 Å². The van der Waals surface area contributed by atoms with Crippen molar-refractivity contribution in [3.63, 3.8) is 0 Å². The van der Waals surface area contributed by atoms with E-state index in [0.29, 0.717) is 16.9 Å². The number of nitrogen functional groups attached to an aromatic ring is 1. The van der Waals surface area contributed by atoms with E-state index in [1.54, 1.807) is 12.1 Å². The monoisotopic (exact) mass is 395 g/mol. The number of ketones is 1. The van der Waals surface area contributed by atoms with Gasteiger partial charge in [-0.15, -0.1) is 11.3 Å². The summed E-state index contributed by atoms with van der Waals surface area (Å²) in [6.07, 6.45) is 1.87. The van der Waals surface area contributed by atoms with Crippen LogP contribution in [-0.2, 0) is 0 Å². The molecule has 5 rings (SSSR count). The lowest BCUT2D eigenvalue weighted by molar-refractivity contribution is 0.103. The minimum absolute atomic E-state index is 0.101. The number of hydrogen-bond donors (Lipinski definition) is 1. The summed E-state index contributed by atoms with van der Waals surface area (Å²) >= 11 is 1.53. The minimum Gasteiger partial charge on any atom is -0.396 e. The Bertz CT molecular complexity index is 1320. The van der Waals surface area contributed by atoms with Gasteiger partial charge >= 0.3 is 0 Å². The molecule has 0 aliphatic heterocycles. The van der Waals surface area contributed by atoms with Gasteiger partial charge in [0.1, 0.15) is 10.7 Å². The third-order valence-corrected chi connectivity index (χ3v) is 5.78. The molecule has 4 nitrogen and oxygen atoms in total. The van der Waals surface area contributed by atoms with Crippen molar-refractivity contribution in [2.75, 3.05) is 5.73 Å². The largest absolute Gasteiger partial charge is 0.396 e. The Morgan fingerprint density at radius 2 is 1.59 bits per heavy atom. The number of nitrogens with zero attached hydrogens (tertiary/aromatic N) is 2. The molecule has 0 aliphatic rings. The Kier molecular flexibility index (Phi) is 4.22. The first-order valence-corrected chi connectivity index (χ1v) is 10.1. The molecule has 3 aromatic heterocycles. The molecule has 29 heavy (non-hydrogen) atoms. The zero-order valence-electron chi connectivity index (χ0n) is 15.4. The summed E-state index contributed by atoms with van der Waals surface area (Å²) in [7, 11) is 0. The highest BCUT2D eigenvalue weighted by Crippen LogP contribution is 2.39. The first-order valence-electron chi connectivity index (χ1n) is 9.23. The smallest absolute Gasteiger partial charge is 0.211 e. The lowest BCUT2D eigenvalue weighted by Crippen LogP contribution is -2.07. The van der Waals surface area contributed by atoms with E-state index in [2.05, 4.69) is 0 Å². The van der Waals surface area contributed by atoms with Crippen LogP contribution in [0.15, 0.2) is 90.4 Å². The van der Waals surface area contributed by atoms with E-state index in [1.165, 1.54) is 11.3 Å². The lowest BCUT2D eigenvalue weighted by atomic mass is 10.1. The van der Waals surface area contributed by atoms with Gasteiger partial charge in [0.15, 0.2) is 0 Å². The summed E-state index contributed by atoms with van der Waals surface area (Å²) in [6, 6.07) is 25.1. The van der Waals surface area contributed by atoms with Crippen LogP contribution in [-0.4, -0.2) is 15.2 Å². The molecule has 140 valence electrons. The van der Waals surface area contributed by atoms with Crippen LogP contribution in [0.2, 0.25) is 0 Å². The minimum atomic E-state index is -0.101. The Labute approximate surface area is 171 Å². The number of thiazole rings is 1. The fourth-order valence-electron chi connectivity index (χ4n) is 3.54. The Balaban J connectivity index is 1.69. The van der Waals surface area contributed by atoms with E-state index in [9.17, 15) is 4.79 Å². The first-order chi connectivity index (χ1) is 14.2. The number of pyridine rings is 1. The molecular formula is C24H17N3OS. The van der Waals surface area contributed by atoms with E-state index >= 15 is 0 Å². The van der Waals surface area contributed by atoms with Gasteiger partial charge < -0.3 is 10.1 Å². The Hall–Kier alpha value is -3.70. The molecule has 0 atom stereocenters. The normalized spacial score (nSPS) is 11.0. The van der Waals surface area contributed by atoms with Gasteiger partial charge in [-0.2, -0.15) is 0 Å². The summed E-state index contributed by atoms with van der Waals surface area (Å²) in [5.41, 5.74) is 11.7. The number of anilines is 1. The Morgan fingerprint density at radius 3 is 2.34 bits per heavy atom. The second-order valence-corrected chi connectivity index (χ2v) is 7.55. The Morgan fingerprint density at radius 1 is 0.897 bits per heavy atom. The van der Waals surface area contributed by atoms with Crippen LogP contribution in [0.3, 0.4) is 0 Å². The number of aromatic nitrogens is 2. The average molecular weight is 395 g/mol. The van der Waals surface area contributed by atoms with Crippen LogP contribution in [0.4, 0.5) is 5.69 Å². The van der Waals surface area contributed by atoms with Gasteiger partial charge in [0.05, 0.1) is 22.5 Å². The number of carbonyl (C=O) groups is 1. The summed E-state index contributed by atoms with van der Waals surface area (Å²) in [5, 5.41) is 2.83. The third-order valence-electron chi connectivity index (χ3n) is 4.92. The number of hydrogen-bond acceptors (Lipinski definition) is 4. The molecule has 0 saturated heterocycles. The molecule has 5 aromatic rings. The second-order valence-electron chi connectivity index (χ2n) is 6.69. The van der Waals surface area contributed by atoms with Gasteiger partial charge in [-0.1, -0.05) is 66.7 Å². The predicted octanol–water partition coefficient (Wildman–Crippen LogP) is 5.54. The van der Waals surface area contributed by atoms with E-state index in [1.807, 2.05) is 82.7 Å². The third kappa shape index (κ3) is 2.92. The van der Waals surface area contributed by atoms with Gasteiger partial charge in [0.25, 0.3) is 0 Å². The topological polar surface area (TPSA) is 60.4 Å². The van der Waals surface area contributed by atoms with Crippen molar-refractivity contribution in [2.45, 2.75) is 0 Å². The molecule has 0 saturated carbocycles. The van der Waals surface area contributed by atoms with Gasteiger partial charge in [-0.25, -0.2) is 4.98 Å². The summed E-state index contributed by atoms with van der Waals surface area (Å²) < 4.78 is 1.86. The van der Waals surface area contributed by atoms with Gasteiger partial charge in [-0.3, -0.25) is 4.79 Å². The highest BCUT2D eigenvalue weighted by Gasteiger charge is 2.24. The fraction of sp³-hybridized carbons (Fsp3) is 0. The highest BCUT2D eigenvalue weighted by molar-refractivity contribution is 7.13. The maximum Gasteiger partial charge on any atom is 0.211 e. The molecular weight excluding hydrogens is 378 g/mol. The quantitative estimate of drug-likeness (QED) is 0.406.